The molecule has 0 saturated heterocycles. The van der Waals surface area contributed by atoms with Gasteiger partial charge in [0.1, 0.15) is 10.8 Å². The van der Waals surface area contributed by atoms with Crippen molar-refractivity contribution in [3.05, 3.63) is 59.7 Å². The molecule has 3 aromatic rings. The van der Waals surface area contributed by atoms with Gasteiger partial charge in [0, 0.05) is 5.56 Å². The summed E-state index contributed by atoms with van der Waals surface area (Å²) < 4.78 is 5.13. The Bertz CT molecular complexity index is 915. The number of anilines is 1. The molecular formula is C17H11N3O3S. The number of carbonyl (C=O) groups excluding carboxylic acids is 2. The summed E-state index contributed by atoms with van der Waals surface area (Å²) in [6.07, 6.45) is 0. The van der Waals surface area contributed by atoms with E-state index in [0.29, 0.717) is 16.1 Å². The van der Waals surface area contributed by atoms with Crippen LogP contribution in [0.15, 0.2) is 48.5 Å². The molecular weight excluding hydrogens is 326 g/mol. The minimum atomic E-state index is -0.368. The summed E-state index contributed by atoms with van der Waals surface area (Å²) in [7, 11) is 1.60. The molecule has 0 N–H and O–H groups in total. The Hall–Kier alpha value is -3.06. The summed E-state index contributed by atoms with van der Waals surface area (Å²) in [4.78, 5) is 26.0. The molecule has 24 heavy (non-hydrogen) atoms. The lowest BCUT2D eigenvalue weighted by Gasteiger charge is -2.07. The Morgan fingerprint density at radius 2 is 1.54 bits per heavy atom. The van der Waals surface area contributed by atoms with Crippen molar-refractivity contribution in [3.8, 4) is 16.3 Å². The van der Waals surface area contributed by atoms with Crippen molar-refractivity contribution < 1.29 is 14.3 Å². The highest BCUT2D eigenvalue weighted by atomic mass is 32.1. The van der Waals surface area contributed by atoms with E-state index >= 15 is 0 Å². The largest absolute Gasteiger partial charge is 0.497 e. The SMILES string of the molecule is COc1ccc(-c2nnc(N3C(=O)c4ccccc4C3=O)s2)cc1. The highest BCUT2D eigenvalue weighted by molar-refractivity contribution is 7.18. The predicted octanol–water partition coefficient (Wildman–Crippen LogP) is 3.01. The fraction of sp³-hybridized carbons (Fsp3) is 0.0588. The third kappa shape index (κ3) is 2.17. The zero-order valence-corrected chi connectivity index (χ0v) is 13.4. The van der Waals surface area contributed by atoms with E-state index in [1.54, 1.807) is 31.4 Å². The molecule has 1 aromatic heterocycles. The maximum absolute atomic E-state index is 12.5. The quantitative estimate of drug-likeness (QED) is 0.687. The average Bonchev–Trinajstić information content (AvgIpc) is 3.19. The molecule has 0 spiro atoms. The molecule has 0 aliphatic carbocycles. The van der Waals surface area contributed by atoms with Gasteiger partial charge in [0.05, 0.1) is 18.2 Å². The first-order chi connectivity index (χ1) is 11.7. The van der Waals surface area contributed by atoms with Crippen LogP contribution in [0.4, 0.5) is 5.13 Å². The van der Waals surface area contributed by atoms with Crippen LogP contribution in [0.25, 0.3) is 10.6 Å². The minimum Gasteiger partial charge on any atom is -0.497 e. The molecule has 0 bridgehead atoms. The number of carbonyl (C=O) groups is 2. The van der Waals surface area contributed by atoms with Gasteiger partial charge < -0.3 is 4.74 Å². The standard InChI is InChI=1S/C17H11N3O3S/c1-23-11-8-6-10(7-9-11)14-18-19-17(24-14)20-15(21)12-4-2-3-5-13(12)16(20)22/h2-9H,1H3. The number of benzene rings is 2. The first kappa shape index (κ1) is 14.5. The van der Waals surface area contributed by atoms with E-state index < -0.39 is 0 Å². The highest BCUT2D eigenvalue weighted by Crippen LogP contribution is 2.34. The number of ether oxygens (including phenoxy) is 1. The predicted molar refractivity (Wildman–Crippen MR) is 89.5 cm³/mol. The number of rotatable bonds is 3. The van der Waals surface area contributed by atoms with Gasteiger partial charge in [0.2, 0.25) is 5.13 Å². The molecule has 1 aliphatic rings. The van der Waals surface area contributed by atoms with Crippen molar-refractivity contribution in [1.29, 1.82) is 0 Å². The lowest BCUT2D eigenvalue weighted by Crippen LogP contribution is -2.29. The summed E-state index contributed by atoms with van der Waals surface area (Å²) in [5.41, 5.74) is 1.63. The molecule has 0 saturated carbocycles. The maximum atomic E-state index is 12.5. The Morgan fingerprint density at radius 3 is 2.12 bits per heavy atom. The zero-order valence-electron chi connectivity index (χ0n) is 12.6. The second kappa shape index (κ2) is 5.54. The van der Waals surface area contributed by atoms with Crippen LogP contribution in [0.3, 0.4) is 0 Å². The number of fused-ring (bicyclic) bond motifs is 1. The van der Waals surface area contributed by atoms with E-state index in [0.717, 1.165) is 16.2 Å². The summed E-state index contributed by atoms with van der Waals surface area (Å²) >= 11 is 1.20. The third-order valence-corrected chi connectivity index (χ3v) is 4.69. The lowest BCUT2D eigenvalue weighted by atomic mass is 10.1. The van der Waals surface area contributed by atoms with Crippen molar-refractivity contribution in [1.82, 2.24) is 10.2 Å². The number of imide groups is 1. The Morgan fingerprint density at radius 1 is 0.917 bits per heavy atom. The van der Waals surface area contributed by atoms with Crippen molar-refractivity contribution in [2.45, 2.75) is 0 Å². The van der Waals surface area contributed by atoms with E-state index in [-0.39, 0.29) is 16.9 Å². The monoisotopic (exact) mass is 337 g/mol. The van der Waals surface area contributed by atoms with Gasteiger partial charge in [0.25, 0.3) is 11.8 Å². The molecule has 2 amide bonds. The zero-order chi connectivity index (χ0) is 16.7. The first-order valence-corrected chi connectivity index (χ1v) is 7.96. The molecule has 4 rings (SSSR count). The Labute approximate surface area is 141 Å². The van der Waals surface area contributed by atoms with Gasteiger partial charge in [-0.15, -0.1) is 10.2 Å². The van der Waals surface area contributed by atoms with Crippen molar-refractivity contribution in [2.75, 3.05) is 12.0 Å². The normalized spacial score (nSPS) is 13.3. The van der Waals surface area contributed by atoms with Gasteiger partial charge in [-0.1, -0.05) is 23.5 Å². The second-order valence-corrected chi connectivity index (χ2v) is 6.07. The highest BCUT2D eigenvalue weighted by Gasteiger charge is 2.38. The number of aromatic nitrogens is 2. The smallest absolute Gasteiger partial charge is 0.268 e. The number of methoxy groups -OCH3 is 1. The van der Waals surface area contributed by atoms with Crippen LogP contribution >= 0.6 is 11.3 Å². The average molecular weight is 337 g/mol. The van der Waals surface area contributed by atoms with Gasteiger partial charge >= 0.3 is 0 Å². The molecule has 0 atom stereocenters. The van der Waals surface area contributed by atoms with Crippen LogP contribution in [-0.2, 0) is 0 Å². The number of nitrogens with zero attached hydrogens (tertiary/aromatic N) is 3. The molecule has 0 unspecified atom stereocenters. The van der Waals surface area contributed by atoms with E-state index in [2.05, 4.69) is 10.2 Å². The summed E-state index contributed by atoms with van der Waals surface area (Å²) in [6, 6.07) is 14.1. The van der Waals surface area contributed by atoms with Crippen LogP contribution in [0.1, 0.15) is 20.7 Å². The van der Waals surface area contributed by atoms with Gasteiger partial charge in [0.15, 0.2) is 0 Å². The lowest BCUT2D eigenvalue weighted by molar-refractivity contribution is 0.0926. The van der Waals surface area contributed by atoms with Crippen molar-refractivity contribution >= 4 is 28.3 Å². The molecule has 1 aliphatic heterocycles. The maximum Gasteiger partial charge on any atom is 0.268 e. The van der Waals surface area contributed by atoms with Crippen LogP contribution in [0.5, 0.6) is 5.75 Å². The number of amides is 2. The molecule has 0 fully saturated rings. The van der Waals surface area contributed by atoms with Gasteiger partial charge in [-0.25, -0.2) is 4.90 Å². The van der Waals surface area contributed by atoms with E-state index in [1.165, 1.54) is 11.3 Å². The topological polar surface area (TPSA) is 72.4 Å². The van der Waals surface area contributed by atoms with Crippen LogP contribution < -0.4 is 9.64 Å². The van der Waals surface area contributed by atoms with E-state index in [4.69, 9.17) is 4.74 Å². The van der Waals surface area contributed by atoms with Crippen molar-refractivity contribution in [2.24, 2.45) is 0 Å². The van der Waals surface area contributed by atoms with Gasteiger partial charge in [-0.3, -0.25) is 9.59 Å². The fourth-order valence-corrected chi connectivity index (χ4v) is 3.37. The minimum absolute atomic E-state index is 0.270. The van der Waals surface area contributed by atoms with Crippen LogP contribution in [0, 0.1) is 0 Å². The summed E-state index contributed by atoms with van der Waals surface area (Å²) in [5.74, 6) is 0.00454. The molecule has 0 radical (unpaired) electrons. The second-order valence-electron chi connectivity index (χ2n) is 5.11. The Balaban J connectivity index is 1.68. The summed E-state index contributed by atoms with van der Waals surface area (Å²) in [6.45, 7) is 0. The van der Waals surface area contributed by atoms with Crippen LogP contribution in [-0.4, -0.2) is 29.1 Å². The molecule has 118 valence electrons. The fourth-order valence-electron chi connectivity index (χ4n) is 2.52. The van der Waals surface area contributed by atoms with E-state index in [9.17, 15) is 9.59 Å². The van der Waals surface area contributed by atoms with Gasteiger partial charge in [-0.05, 0) is 36.4 Å². The summed E-state index contributed by atoms with van der Waals surface area (Å²) in [5, 5.41) is 9.02. The first-order valence-electron chi connectivity index (χ1n) is 7.15. The molecule has 2 heterocycles. The molecule has 7 heteroatoms. The number of hydrogen-bond acceptors (Lipinski definition) is 6. The van der Waals surface area contributed by atoms with Crippen molar-refractivity contribution in [3.63, 3.8) is 0 Å². The number of hydrogen-bond donors (Lipinski definition) is 0. The van der Waals surface area contributed by atoms with Crippen LogP contribution in [0.2, 0.25) is 0 Å². The molecule has 2 aromatic carbocycles. The van der Waals surface area contributed by atoms with E-state index in [1.807, 2.05) is 24.3 Å². The third-order valence-electron chi connectivity index (χ3n) is 3.74. The molecule has 6 nitrogen and oxygen atoms in total. The van der Waals surface area contributed by atoms with Gasteiger partial charge in [-0.2, -0.15) is 0 Å². The Kier molecular flexibility index (Phi) is 3.35.